The summed E-state index contributed by atoms with van der Waals surface area (Å²) >= 11 is 0. The average Bonchev–Trinajstić information content (AvgIpc) is 2.88. The summed E-state index contributed by atoms with van der Waals surface area (Å²) < 4.78 is 0. The van der Waals surface area contributed by atoms with Gasteiger partial charge in [0.15, 0.2) is 0 Å². The van der Waals surface area contributed by atoms with E-state index in [1.165, 1.54) is 5.56 Å². The van der Waals surface area contributed by atoms with E-state index in [9.17, 15) is 0 Å². The molecule has 4 N–H and O–H groups in total. The monoisotopic (exact) mass is 445 g/mol. The molecule has 6 nitrogen and oxygen atoms in total. The van der Waals surface area contributed by atoms with E-state index in [-0.39, 0.29) is 0 Å². The van der Waals surface area contributed by atoms with Gasteiger partial charge in [0.25, 0.3) is 0 Å². The molecule has 0 saturated heterocycles. The Balaban J connectivity index is 2.35. The van der Waals surface area contributed by atoms with E-state index in [1.807, 2.05) is 69.6 Å². The van der Waals surface area contributed by atoms with Crippen LogP contribution in [-0.2, 0) is 4.84 Å². The lowest BCUT2D eigenvalue weighted by molar-refractivity contribution is 0.117. The predicted octanol–water partition coefficient (Wildman–Crippen LogP) is 4.87. The summed E-state index contributed by atoms with van der Waals surface area (Å²) in [5.74, 6) is 6.68. The van der Waals surface area contributed by atoms with Crippen LogP contribution in [-0.4, -0.2) is 32.1 Å². The van der Waals surface area contributed by atoms with Crippen LogP contribution < -0.4 is 21.9 Å². The molecule has 0 aromatic heterocycles. The number of rotatable bonds is 8. The summed E-state index contributed by atoms with van der Waals surface area (Å²) in [5, 5.41) is 8.84. The molecule has 0 heterocycles. The van der Waals surface area contributed by atoms with E-state index >= 15 is 0 Å². The van der Waals surface area contributed by atoms with Crippen molar-refractivity contribution in [3.05, 3.63) is 76.7 Å². The number of fused-ring (bicyclic) bond motifs is 1. The van der Waals surface area contributed by atoms with E-state index < -0.39 is 0 Å². The maximum atomic E-state index is 6.79. The molecule has 3 aromatic rings. The van der Waals surface area contributed by atoms with E-state index in [4.69, 9.17) is 16.4 Å². The molecule has 174 valence electrons. The second-order valence-electron chi connectivity index (χ2n) is 8.44. The number of aryl methyl sites for hydroxylation is 1. The Bertz CT molecular complexity index is 1200. The zero-order valence-corrected chi connectivity index (χ0v) is 20.3. The van der Waals surface area contributed by atoms with Crippen LogP contribution in [0.1, 0.15) is 30.0 Å². The Morgan fingerprint density at radius 3 is 2.30 bits per heavy atom. The third-order valence-corrected chi connectivity index (χ3v) is 5.61. The van der Waals surface area contributed by atoms with Crippen LogP contribution in [0, 0.1) is 13.8 Å². The maximum absolute atomic E-state index is 6.79. The van der Waals surface area contributed by atoms with Gasteiger partial charge in [-0.3, -0.25) is 5.01 Å². The van der Waals surface area contributed by atoms with Gasteiger partial charge in [-0.15, -0.1) is 0 Å². The number of nitrogens with zero attached hydrogens (tertiary/aromatic N) is 3. The molecule has 0 spiro atoms. The van der Waals surface area contributed by atoms with Gasteiger partial charge in [0.05, 0.1) is 17.1 Å². The topological polar surface area (TPSA) is 80.1 Å². The zero-order chi connectivity index (χ0) is 24.0. The van der Waals surface area contributed by atoms with Gasteiger partial charge in [-0.2, -0.15) is 0 Å². The highest BCUT2D eigenvalue weighted by molar-refractivity contribution is 6.02. The largest absolute Gasteiger partial charge is 0.397 e. The summed E-state index contributed by atoms with van der Waals surface area (Å²) in [5.41, 5.74) is 12.0. The van der Waals surface area contributed by atoms with E-state index in [1.54, 1.807) is 5.01 Å². The van der Waals surface area contributed by atoms with Gasteiger partial charge in [-0.05, 0) is 52.1 Å². The van der Waals surface area contributed by atoms with Gasteiger partial charge < -0.3 is 15.5 Å². The van der Waals surface area contributed by atoms with Gasteiger partial charge in [0, 0.05) is 22.9 Å². The summed E-state index contributed by atoms with van der Waals surface area (Å²) in [7, 11) is 4.02. The van der Waals surface area contributed by atoms with Gasteiger partial charge in [0.1, 0.15) is 12.0 Å². The normalized spacial score (nSPS) is 12.2. The third-order valence-electron chi connectivity index (χ3n) is 5.61. The van der Waals surface area contributed by atoms with Crippen molar-refractivity contribution in [2.45, 2.75) is 27.2 Å². The number of hydrogen-bond donors (Lipinski definition) is 2. The first-order chi connectivity index (χ1) is 15.8. The number of nitrogens with two attached hydrogens (primary N) is 2. The maximum Gasteiger partial charge on any atom is 0.129 e. The van der Waals surface area contributed by atoms with Crippen LogP contribution in [0.25, 0.3) is 16.8 Å². The number of allylic oxidation sites excluding steroid dienone is 1. The van der Waals surface area contributed by atoms with Crippen molar-refractivity contribution in [1.29, 1.82) is 0 Å². The Labute approximate surface area is 196 Å². The smallest absolute Gasteiger partial charge is 0.129 e. The lowest BCUT2D eigenvalue weighted by Gasteiger charge is -2.22. The molecule has 3 aromatic carbocycles. The summed E-state index contributed by atoms with van der Waals surface area (Å²) in [4.78, 5) is 7.82. The minimum atomic E-state index is 0.491. The fourth-order valence-corrected chi connectivity index (χ4v) is 3.65. The standard InChI is InChI=1S/C27H35N5O/c1-6-7-10-22-20(3)25(28)27(32(29)21-15-13-19(2)14-16-21)24-12-9-8-11-23(24)26(22)30-33-18-17-31(4)5/h7-16H,6,17-18,28-29H2,1-5H3/b10-7-,30-26-. The SMILES string of the molecule is CC/C=C\c1c(C)c(N)c(N(N)c2ccc(C)cc2)c2ccccc2/c1=N\OCCN(C)C. The summed E-state index contributed by atoms with van der Waals surface area (Å²) in [6.45, 7) is 7.43. The minimum absolute atomic E-state index is 0.491. The molecule has 0 unspecified atom stereocenters. The van der Waals surface area contributed by atoms with Crippen molar-refractivity contribution in [3.8, 4) is 0 Å². The molecule has 0 amide bonds. The fourth-order valence-electron chi connectivity index (χ4n) is 3.65. The Morgan fingerprint density at radius 1 is 1.00 bits per heavy atom. The van der Waals surface area contributed by atoms with Crippen molar-refractivity contribution in [3.63, 3.8) is 0 Å². The number of anilines is 3. The fraction of sp³-hybridized carbons (Fsp3) is 0.296. The molecule has 0 aliphatic carbocycles. The Kier molecular flexibility index (Phi) is 8.09. The van der Waals surface area contributed by atoms with Gasteiger partial charge in [0.2, 0.25) is 0 Å². The number of hydrogen-bond acceptors (Lipinski definition) is 6. The van der Waals surface area contributed by atoms with Crippen molar-refractivity contribution in [2.75, 3.05) is 38.0 Å². The molecule has 0 aliphatic heterocycles. The van der Waals surface area contributed by atoms with Gasteiger partial charge >= 0.3 is 0 Å². The molecule has 0 atom stereocenters. The van der Waals surface area contributed by atoms with Crippen LogP contribution in [0.4, 0.5) is 17.1 Å². The average molecular weight is 446 g/mol. The van der Waals surface area contributed by atoms with Crippen molar-refractivity contribution >= 4 is 33.9 Å². The second-order valence-corrected chi connectivity index (χ2v) is 8.44. The molecule has 0 saturated carbocycles. The van der Waals surface area contributed by atoms with Crippen molar-refractivity contribution in [2.24, 2.45) is 11.0 Å². The summed E-state index contributed by atoms with van der Waals surface area (Å²) in [6.07, 6.45) is 5.08. The Morgan fingerprint density at radius 2 is 1.67 bits per heavy atom. The molecule has 0 aliphatic rings. The first kappa shape index (κ1) is 24.3. The highest BCUT2D eigenvalue weighted by atomic mass is 16.6. The highest BCUT2D eigenvalue weighted by Crippen LogP contribution is 2.36. The summed E-state index contributed by atoms with van der Waals surface area (Å²) in [6, 6.07) is 16.1. The third kappa shape index (κ3) is 5.53. The lowest BCUT2D eigenvalue weighted by atomic mass is 10.1. The number of likely N-dealkylation sites (N-methyl/N-ethyl adjacent to an activating group) is 1. The quantitative estimate of drug-likeness (QED) is 0.294. The number of hydrazine groups is 1. The number of nitrogen functional groups attached to an aromatic ring is 1. The zero-order valence-electron chi connectivity index (χ0n) is 20.3. The van der Waals surface area contributed by atoms with Crippen LogP contribution in [0.3, 0.4) is 0 Å². The second kappa shape index (κ2) is 11.0. The van der Waals surface area contributed by atoms with Crippen LogP contribution >= 0.6 is 0 Å². The lowest BCUT2D eigenvalue weighted by Crippen LogP contribution is -2.26. The van der Waals surface area contributed by atoms with E-state index in [2.05, 4.69) is 36.1 Å². The molecule has 0 bridgehead atoms. The van der Waals surface area contributed by atoms with Crippen molar-refractivity contribution < 1.29 is 4.84 Å². The first-order valence-corrected chi connectivity index (χ1v) is 11.3. The van der Waals surface area contributed by atoms with Crippen LogP contribution in [0.2, 0.25) is 0 Å². The molecular formula is C27H35N5O. The predicted molar refractivity (Wildman–Crippen MR) is 140 cm³/mol. The van der Waals surface area contributed by atoms with Crippen molar-refractivity contribution in [1.82, 2.24) is 4.90 Å². The highest BCUT2D eigenvalue weighted by Gasteiger charge is 2.17. The Hall–Kier alpha value is -3.35. The molecule has 6 heteroatoms. The van der Waals surface area contributed by atoms with Crippen LogP contribution in [0.15, 0.2) is 59.8 Å². The molecular weight excluding hydrogens is 410 g/mol. The van der Waals surface area contributed by atoms with Crippen LogP contribution in [0.5, 0.6) is 0 Å². The van der Waals surface area contributed by atoms with Gasteiger partial charge in [-0.1, -0.05) is 66.2 Å². The molecule has 3 rings (SSSR count). The van der Waals surface area contributed by atoms with Gasteiger partial charge in [-0.25, -0.2) is 5.84 Å². The first-order valence-electron chi connectivity index (χ1n) is 11.3. The molecule has 0 radical (unpaired) electrons. The number of benzene rings is 2. The van der Waals surface area contributed by atoms with E-state index in [0.717, 1.165) is 51.6 Å². The molecule has 0 fully saturated rings. The molecule has 33 heavy (non-hydrogen) atoms. The van der Waals surface area contributed by atoms with E-state index in [0.29, 0.717) is 12.3 Å². The minimum Gasteiger partial charge on any atom is -0.397 e.